The van der Waals surface area contributed by atoms with Gasteiger partial charge in [-0.25, -0.2) is 0 Å². The van der Waals surface area contributed by atoms with Gasteiger partial charge in [-0.3, -0.25) is 19.2 Å². The Hall–Kier alpha value is -1.96. The third-order valence-corrected chi connectivity index (χ3v) is 3.85. The predicted octanol–water partition coefficient (Wildman–Crippen LogP) is -0.427. The van der Waals surface area contributed by atoms with Gasteiger partial charge in [0.05, 0.1) is 6.42 Å². The molecule has 2 amide bonds. The molecule has 2 fully saturated rings. The van der Waals surface area contributed by atoms with Gasteiger partial charge in [0.2, 0.25) is 18.1 Å². The largest absolute Gasteiger partial charge is 0.481 e. The van der Waals surface area contributed by atoms with Crippen molar-refractivity contribution in [1.29, 1.82) is 0 Å². The molecule has 0 bridgehead atoms. The van der Waals surface area contributed by atoms with Crippen LogP contribution in [0.15, 0.2) is 0 Å². The van der Waals surface area contributed by atoms with Crippen LogP contribution in [0.1, 0.15) is 38.5 Å². The standard InChI is InChI=1S/C14H19N2O6/c17-8-9(7-13(19)20)16(12-3-1-2-6-22-12)14(21)10-4-5-11(18)15-10/h9-10,12H,1-7H2,(H,15,18)(H,19,20)/t9-,10-,12?/m0/s1. The van der Waals surface area contributed by atoms with Gasteiger partial charge in [0.15, 0.2) is 0 Å². The fourth-order valence-corrected chi connectivity index (χ4v) is 2.78. The van der Waals surface area contributed by atoms with Crippen molar-refractivity contribution in [2.45, 2.75) is 56.8 Å². The van der Waals surface area contributed by atoms with Gasteiger partial charge in [0, 0.05) is 13.0 Å². The number of amides is 2. The van der Waals surface area contributed by atoms with E-state index in [0.717, 1.165) is 17.7 Å². The van der Waals surface area contributed by atoms with E-state index in [1.54, 1.807) is 6.29 Å². The van der Waals surface area contributed by atoms with E-state index in [1.807, 2.05) is 0 Å². The molecule has 0 aliphatic carbocycles. The molecule has 1 radical (unpaired) electrons. The van der Waals surface area contributed by atoms with E-state index in [-0.39, 0.29) is 12.3 Å². The lowest BCUT2D eigenvalue weighted by Crippen LogP contribution is -2.56. The molecule has 2 heterocycles. The van der Waals surface area contributed by atoms with Crippen molar-refractivity contribution in [2.24, 2.45) is 0 Å². The molecule has 0 saturated carbocycles. The number of rotatable bonds is 6. The van der Waals surface area contributed by atoms with Crippen LogP contribution >= 0.6 is 0 Å². The molecular weight excluding hydrogens is 292 g/mol. The molecule has 8 nitrogen and oxygen atoms in total. The summed E-state index contributed by atoms with van der Waals surface area (Å²) in [4.78, 5) is 47.2. The number of carbonyl (C=O) groups excluding carboxylic acids is 3. The molecule has 2 aliphatic rings. The first-order valence-electron chi connectivity index (χ1n) is 7.35. The van der Waals surface area contributed by atoms with E-state index in [0.29, 0.717) is 19.4 Å². The van der Waals surface area contributed by atoms with E-state index in [2.05, 4.69) is 5.32 Å². The molecule has 121 valence electrons. The van der Waals surface area contributed by atoms with Gasteiger partial charge in [-0.05, 0) is 25.7 Å². The SMILES string of the molecule is O=[C][C@H](CC(=O)O)N(C(=O)[C@@H]1CCC(=O)N1)C1CCCCO1. The Kier molecular flexibility index (Phi) is 5.48. The van der Waals surface area contributed by atoms with Crippen molar-refractivity contribution in [3.8, 4) is 0 Å². The maximum Gasteiger partial charge on any atom is 0.305 e. The number of nitrogens with one attached hydrogen (secondary N) is 1. The molecule has 0 aromatic carbocycles. The molecule has 2 saturated heterocycles. The fourth-order valence-electron chi connectivity index (χ4n) is 2.78. The van der Waals surface area contributed by atoms with Crippen LogP contribution in [0, 0.1) is 0 Å². The summed E-state index contributed by atoms with van der Waals surface area (Å²) < 4.78 is 5.53. The zero-order chi connectivity index (χ0) is 16.1. The third kappa shape index (κ3) is 3.82. The van der Waals surface area contributed by atoms with E-state index < -0.39 is 36.6 Å². The number of carbonyl (C=O) groups is 3. The van der Waals surface area contributed by atoms with Crippen molar-refractivity contribution in [1.82, 2.24) is 10.2 Å². The summed E-state index contributed by atoms with van der Waals surface area (Å²) in [6.07, 6.45) is 3.23. The minimum atomic E-state index is -1.22. The molecule has 0 spiro atoms. The number of carboxylic acid groups (broad SMARTS) is 1. The number of ether oxygens (including phenoxy) is 1. The quantitative estimate of drug-likeness (QED) is 0.688. The van der Waals surface area contributed by atoms with Crippen LogP contribution < -0.4 is 5.32 Å². The number of carboxylic acids is 1. The van der Waals surface area contributed by atoms with Gasteiger partial charge in [-0.15, -0.1) is 0 Å². The number of nitrogens with zero attached hydrogens (tertiary/aromatic N) is 1. The zero-order valence-electron chi connectivity index (χ0n) is 12.1. The normalized spacial score (nSPS) is 26.1. The minimum Gasteiger partial charge on any atom is -0.481 e. The molecule has 8 heteroatoms. The minimum absolute atomic E-state index is 0.229. The van der Waals surface area contributed by atoms with Crippen LogP contribution in [-0.2, 0) is 23.9 Å². The first-order chi connectivity index (χ1) is 10.5. The summed E-state index contributed by atoms with van der Waals surface area (Å²) in [5.74, 6) is -1.91. The third-order valence-electron chi connectivity index (χ3n) is 3.85. The zero-order valence-corrected chi connectivity index (χ0v) is 12.1. The van der Waals surface area contributed by atoms with E-state index >= 15 is 0 Å². The van der Waals surface area contributed by atoms with Crippen LogP contribution in [0.3, 0.4) is 0 Å². The second-order valence-electron chi connectivity index (χ2n) is 5.46. The Balaban J connectivity index is 2.18. The Morgan fingerprint density at radius 3 is 2.68 bits per heavy atom. The second-order valence-corrected chi connectivity index (χ2v) is 5.46. The molecule has 2 N–H and O–H groups in total. The molecule has 22 heavy (non-hydrogen) atoms. The molecule has 3 atom stereocenters. The van der Waals surface area contributed by atoms with Gasteiger partial charge in [-0.2, -0.15) is 0 Å². The Morgan fingerprint density at radius 1 is 1.41 bits per heavy atom. The summed E-state index contributed by atoms with van der Waals surface area (Å²) in [6.45, 7) is 0.449. The van der Waals surface area contributed by atoms with E-state index in [1.165, 1.54) is 0 Å². The number of aliphatic carboxylic acids is 1. The summed E-state index contributed by atoms with van der Waals surface area (Å²) in [5.41, 5.74) is 0. The van der Waals surface area contributed by atoms with Crippen LogP contribution in [-0.4, -0.2) is 59.0 Å². The molecule has 2 rings (SSSR count). The Labute approximate surface area is 127 Å². The molecule has 0 aromatic rings. The highest BCUT2D eigenvalue weighted by atomic mass is 16.5. The van der Waals surface area contributed by atoms with Crippen molar-refractivity contribution >= 4 is 24.1 Å². The Bertz CT molecular complexity index is 460. The van der Waals surface area contributed by atoms with Gasteiger partial charge in [0.1, 0.15) is 18.3 Å². The maximum absolute atomic E-state index is 12.6. The molecular formula is C14H19N2O6. The van der Waals surface area contributed by atoms with Crippen LogP contribution in [0.5, 0.6) is 0 Å². The molecule has 1 unspecified atom stereocenters. The van der Waals surface area contributed by atoms with E-state index in [4.69, 9.17) is 9.84 Å². The Morgan fingerprint density at radius 2 is 2.18 bits per heavy atom. The van der Waals surface area contributed by atoms with Crippen LogP contribution in [0.25, 0.3) is 0 Å². The monoisotopic (exact) mass is 311 g/mol. The second kappa shape index (κ2) is 7.35. The first-order valence-corrected chi connectivity index (χ1v) is 7.35. The van der Waals surface area contributed by atoms with Crippen molar-refractivity contribution in [3.05, 3.63) is 0 Å². The number of hydrogen-bond donors (Lipinski definition) is 2. The smallest absolute Gasteiger partial charge is 0.305 e. The molecule has 0 aromatic heterocycles. The van der Waals surface area contributed by atoms with Gasteiger partial charge in [-0.1, -0.05) is 0 Å². The topological polar surface area (TPSA) is 113 Å². The van der Waals surface area contributed by atoms with Gasteiger partial charge >= 0.3 is 5.97 Å². The summed E-state index contributed by atoms with van der Waals surface area (Å²) >= 11 is 0. The average Bonchev–Trinajstić information content (AvgIpc) is 2.93. The van der Waals surface area contributed by atoms with Crippen molar-refractivity contribution < 1.29 is 29.0 Å². The lowest BCUT2D eigenvalue weighted by molar-refractivity contribution is -0.158. The molecule has 2 aliphatic heterocycles. The van der Waals surface area contributed by atoms with Crippen molar-refractivity contribution in [2.75, 3.05) is 6.61 Å². The predicted molar refractivity (Wildman–Crippen MR) is 73.3 cm³/mol. The summed E-state index contributed by atoms with van der Waals surface area (Å²) in [6, 6.07) is -1.95. The summed E-state index contributed by atoms with van der Waals surface area (Å²) in [7, 11) is 0. The lowest BCUT2D eigenvalue weighted by atomic mass is 10.1. The van der Waals surface area contributed by atoms with Gasteiger partial charge < -0.3 is 20.1 Å². The van der Waals surface area contributed by atoms with Crippen molar-refractivity contribution in [3.63, 3.8) is 0 Å². The van der Waals surface area contributed by atoms with Gasteiger partial charge in [0.25, 0.3) is 0 Å². The summed E-state index contributed by atoms with van der Waals surface area (Å²) in [5, 5.41) is 11.5. The first kappa shape index (κ1) is 16.4. The lowest BCUT2D eigenvalue weighted by Gasteiger charge is -2.38. The highest BCUT2D eigenvalue weighted by Gasteiger charge is 2.39. The highest BCUT2D eigenvalue weighted by molar-refractivity contribution is 5.92. The van der Waals surface area contributed by atoms with Crippen LogP contribution in [0.4, 0.5) is 0 Å². The average molecular weight is 311 g/mol. The maximum atomic E-state index is 12.6. The fraction of sp³-hybridized carbons (Fsp3) is 0.714. The van der Waals surface area contributed by atoms with E-state index in [9.17, 15) is 19.2 Å². The highest BCUT2D eigenvalue weighted by Crippen LogP contribution is 2.22. The number of hydrogen-bond acceptors (Lipinski definition) is 5. The van der Waals surface area contributed by atoms with Crippen LogP contribution in [0.2, 0.25) is 0 Å².